The monoisotopic (exact) mass is 512 g/mol. The van der Waals surface area contributed by atoms with Crippen molar-refractivity contribution < 1.29 is 27.6 Å². The van der Waals surface area contributed by atoms with Crippen LogP contribution in [0.25, 0.3) is 10.2 Å². The van der Waals surface area contributed by atoms with Crippen LogP contribution in [-0.4, -0.2) is 37.4 Å². The number of sulfonamides is 1. The molecule has 4 aromatic rings. The third-order valence-corrected chi connectivity index (χ3v) is 7.34. The summed E-state index contributed by atoms with van der Waals surface area (Å²) in [5.41, 5.74) is 0.539. The number of aromatic nitrogens is 1. The van der Waals surface area contributed by atoms with Crippen molar-refractivity contribution in [2.75, 3.05) is 23.3 Å². The van der Waals surface area contributed by atoms with E-state index in [1.54, 1.807) is 12.1 Å². The van der Waals surface area contributed by atoms with Gasteiger partial charge in [-0.15, -0.1) is 0 Å². The Kier molecular flexibility index (Phi) is 5.70. The first-order chi connectivity index (χ1) is 16.8. The second-order valence-corrected chi connectivity index (χ2v) is 10.1. The Labute approximate surface area is 202 Å². The quantitative estimate of drug-likeness (QED) is 0.290. The van der Waals surface area contributed by atoms with E-state index in [4.69, 9.17) is 9.47 Å². The fourth-order valence-electron chi connectivity index (χ4n) is 3.41. The van der Waals surface area contributed by atoms with E-state index in [0.717, 1.165) is 11.3 Å². The fourth-order valence-corrected chi connectivity index (χ4v) is 5.40. The zero-order valence-electron chi connectivity index (χ0n) is 17.8. The Morgan fingerprint density at radius 1 is 1.03 bits per heavy atom. The van der Waals surface area contributed by atoms with E-state index < -0.39 is 20.9 Å². The van der Waals surface area contributed by atoms with E-state index in [-0.39, 0.29) is 27.0 Å². The summed E-state index contributed by atoms with van der Waals surface area (Å²) in [5, 5.41) is 13.8. The van der Waals surface area contributed by atoms with E-state index in [1.807, 2.05) is 0 Å². The average Bonchev–Trinajstić information content (AvgIpc) is 3.25. The normalized spacial score (nSPS) is 12.8. The summed E-state index contributed by atoms with van der Waals surface area (Å²) in [4.78, 5) is 27.7. The first kappa shape index (κ1) is 22.6. The Morgan fingerprint density at radius 2 is 1.80 bits per heavy atom. The van der Waals surface area contributed by atoms with Gasteiger partial charge in [0.05, 0.1) is 31.3 Å². The van der Waals surface area contributed by atoms with Gasteiger partial charge >= 0.3 is 0 Å². The number of nitrogens with one attached hydrogen (secondary N) is 2. The molecule has 0 bridgehead atoms. The van der Waals surface area contributed by atoms with Gasteiger partial charge in [0.1, 0.15) is 13.2 Å². The molecular weight excluding hydrogens is 496 g/mol. The van der Waals surface area contributed by atoms with Gasteiger partial charge in [-0.1, -0.05) is 23.5 Å². The van der Waals surface area contributed by atoms with Crippen LogP contribution in [0.5, 0.6) is 11.5 Å². The van der Waals surface area contributed by atoms with E-state index >= 15 is 0 Å². The van der Waals surface area contributed by atoms with Crippen molar-refractivity contribution in [3.63, 3.8) is 0 Å². The number of anilines is 2. The molecule has 11 nitrogen and oxygen atoms in total. The average molecular weight is 513 g/mol. The number of carbonyl (C=O) groups excluding carboxylic acids is 1. The summed E-state index contributed by atoms with van der Waals surface area (Å²) < 4.78 is 39.9. The number of para-hydroxylation sites is 1. The van der Waals surface area contributed by atoms with Crippen LogP contribution in [0.2, 0.25) is 0 Å². The van der Waals surface area contributed by atoms with E-state index in [0.29, 0.717) is 34.9 Å². The number of ether oxygens (including phenoxy) is 2. The highest BCUT2D eigenvalue weighted by atomic mass is 32.2. The lowest BCUT2D eigenvalue weighted by Gasteiger charge is -2.19. The molecule has 35 heavy (non-hydrogen) atoms. The number of rotatable bonds is 6. The molecule has 0 unspecified atom stereocenters. The van der Waals surface area contributed by atoms with Gasteiger partial charge in [0.2, 0.25) is 0 Å². The highest BCUT2D eigenvalue weighted by Gasteiger charge is 2.22. The lowest BCUT2D eigenvalue weighted by Crippen LogP contribution is -2.19. The minimum Gasteiger partial charge on any atom is -0.486 e. The lowest BCUT2D eigenvalue weighted by molar-refractivity contribution is -0.384. The number of benzene rings is 3. The molecule has 0 aliphatic carbocycles. The summed E-state index contributed by atoms with van der Waals surface area (Å²) in [7, 11) is -4.05. The van der Waals surface area contributed by atoms with Crippen LogP contribution in [0.1, 0.15) is 10.4 Å². The summed E-state index contributed by atoms with van der Waals surface area (Å²) >= 11 is 1.07. The topological polar surface area (TPSA) is 150 Å². The largest absolute Gasteiger partial charge is 0.486 e. The van der Waals surface area contributed by atoms with Crippen molar-refractivity contribution in [2.24, 2.45) is 0 Å². The first-order valence-electron chi connectivity index (χ1n) is 10.2. The molecule has 2 heterocycles. The minimum absolute atomic E-state index is 0.0512. The smallest absolute Gasteiger partial charge is 0.270 e. The Bertz CT molecular complexity index is 1580. The van der Waals surface area contributed by atoms with Gasteiger partial charge in [0.25, 0.3) is 21.6 Å². The number of thiazole rings is 1. The predicted molar refractivity (Wildman–Crippen MR) is 129 cm³/mol. The maximum absolute atomic E-state index is 13.0. The van der Waals surface area contributed by atoms with Crippen molar-refractivity contribution in [1.82, 2.24) is 4.98 Å². The second-order valence-electron chi connectivity index (χ2n) is 7.34. The van der Waals surface area contributed by atoms with E-state index in [9.17, 15) is 23.3 Å². The minimum atomic E-state index is -4.05. The molecule has 3 aromatic carbocycles. The van der Waals surface area contributed by atoms with Gasteiger partial charge in [-0.25, -0.2) is 13.4 Å². The van der Waals surface area contributed by atoms with Crippen molar-refractivity contribution in [2.45, 2.75) is 4.90 Å². The van der Waals surface area contributed by atoms with E-state index in [1.165, 1.54) is 48.5 Å². The lowest BCUT2D eigenvalue weighted by atomic mass is 10.2. The van der Waals surface area contributed by atoms with Crippen LogP contribution in [0.3, 0.4) is 0 Å². The Balaban J connectivity index is 1.39. The molecule has 1 aliphatic rings. The van der Waals surface area contributed by atoms with Gasteiger partial charge < -0.3 is 9.47 Å². The molecule has 0 spiro atoms. The summed E-state index contributed by atoms with van der Waals surface area (Å²) in [5.74, 6) is 0.177. The third-order valence-electron chi connectivity index (χ3n) is 5.04. The SMILES string of the molecule is O=C(Nc1nc2ccc([N+](=O)[O-])cc2s1)c1ccccc1NS(=O)(=O)c1ccc2c(c1)OCCO2. The molecule has 1 amide bonds. The summed E-state index contributed by atoms with van der Waals surface area (Å²) in [6, 6.07) is 14.6. The number of nitro groups is 1. The van der Waals surface area contributed by atoms with Crippen molar-refractivity contribution >= 4 is 54.0 Å². The Hall–Kier alpha value is -4.23. The Morgan fingerprint density at radius 3 is 2.60 bits per heavy atom. The van der Waals surface area contributed by atoms with Crippen LogP contribution in [0, 0.1) is 10.1 Å². The van der Waals surface area contributed by atoms with Crippen LogP contribution < -0.4 is 19.5 Å². The number of hydrogen-bond donors (Lipinski definition) is 2. The molecule has 0 atom stereocenters. The van der Waals surface area contributed by atoms with Crippen molar-refractivity contribution in [1.29, 1.82) is 0 Å². The van der Waals surface area contributed by atoms with Crippen LogP contribution in [0.15, 0.2) is 65.6 Å². The summed E-state index contributed by atoms with van der Waals surface area (Å²) in [6.07, 6.45) is 0. The zero-order valence-corrected chi connectivity index (χ0v) is 19.4. The molecule has 0 radical (unpaired) electrons. The third kappa shape index (κ3) is 4.58. The van der Waals surface area contributed by atoms with Crippen molar-refractivity contribution in [3.8, 4) is 11.5 Å². The molecule has 2 N–H and O–H groups in total. The summed E-state index contributed by atoms with van der Waals surface area (Å²) in [6.45, 7) is 0.692. The number of carbonyl (C=O) groups is 1. The standard InChI is InChI=1S/C22H16N4O7S2/c27-21(24-22-23-17-7-5-13(26(28)29)11-20(17)34-22)15-3-1-2-4-16(15)25-35(30,31)14-6-8-18-19(12-14)33-10-9-32-18/h1-8,11-12,25H,9-10H2,(H,23,24,27). The van der Waals surface area contributed by atoms with Gasteiger partial charge in [-0.3, -0.25) is 24.9 Å². The van der Waals surface area contributed by atoms with Crippen LogP contribution in [0.4, 0.5) is 16.5 Å². The molecule has 0 saturated carbocycles. The zero-order chi connectivity index (χ0) is 24.6. The molecule has 0 saturated heterocycles. The molecule has 178 valence electrons. The molecule has 13 heteroatoms. The number of nitrogens with zero attached hydrogens (tertiary/aromatic N) is 2. The number of hydrogen-bond acceptors (Lipinski definition) is 9. The van der Waals surface area contributed by atoms with Crippen LogP contribution in [-0.2, 0) is 10.0 Å². The van der Waals surface area contributed by atoms with Gasteiger partial charge in [0.15, 0.2) is 16.6 Å². The maximum Gasteiger partial charge on any atom is 0.270 e. The molecular formula is C22H16N4O7S2. The van der Waals surface area contributed by atoms with Gasteiger partial charge in [0, 0.05) is 18.2 Å². The number of nitro benzene ring substituents is 1. The van der Waals surface area contributed by atoms with Gasteiger partial charge in [-0.2, -0.15) is 0 Å². The molecule has 1 aliphatic heterocycles. The second kappa shape index (κ2) is 8.85. The maximum atomic E-state index is 13.0. The number of non-ortho nitro benzene ring substituents is 1. The van der Waals surface area contributed by atoms with E-state index in [2.05, 4.69) is 15.0 Å². The first-order valence-corrected chi connectivity index (χ1v) is 12.5. The number of fused-ring (bicyclic) bond motifs is 2. The highest BCUT2D eigenvalue weighted by molar-refractivity contribution is 7.92. The molecule has 5 rings (SSSR count). The predicted octanol–water partition coefficient (Wildman–Crippen LogP) is 4.03. The molecule has 0 fully saturated rings. The molecule has 1 aromatic heterocycles. The fraction of sp³-hybridized carbons (Fsp3) is 0.0909. The van der Waals surface area contributed by atoms with Gasteiger partial charge in [-0.05, 0) is 30.3 Å². The van der Waals surface area contributed by atoms with Crippen molar-refractivity contribution in [3.05, 3.63) is 76.3 Å². The number of amides is 1. The van der Waals surface area contributed by atoms with Crippen LogP contribution >= 0.6 is 11.3 Å². The highest BCUT2D eigenvalue weighted by Crippen LogP contribution is 2.33.